The highest BCUT2D eigenvalue weighted by atomic mass is 16.5. The van der Waals surface area contributed by atoms with Gasteiger partial charge in [0.1, 0.15) is 6.61 Å². The first kappa shape index (κ1) is 16.8. The number of hydrogen-bond acceptors (Lipinski definition) is 3. The Morgan fingerprint density at radius 1 is 1.08 bits per heavy atom. The summed E-state index contributed by atoms with van der Waals surface area (Å²) in [6, 6.07) is 11.7. The Morgan fingerprint density at radius 3 is 2.54 bits per heavy atom. The second-order valence-corrected chi connectivity index (χ2v) is 8.01. The second kappa shape index (κ2) is 5.70. The molecule has 0 bridgehead atoms. The SMILES string of the molecule is CC(C)c1cccc2c1C(=O)NC2C(C)(C)c1cccc2c1C(=O)OC2. The third kappa shape index (κ3) is 2.28. The fourth-order valence-electron chi connectivity index (χ4n) is 4.29. The molecule has 0 radical (unpaired) electrons. The molecule has 0 aromatic heterocycles. The normalized spacial score (nSPS) is 18.6. The Bertz CT molecular complexity index is 927. The highest BCUT2D eigenvalue weighted by Crippen LogP contribution is 2.45. The molecular weight excluding hydrogens is 326 g/mol. The van der Waals surface area contributed by atoms with Crippen LogP contribution >= 0.6 is 0 Å². The maximum absolute atomic E-state index is 12.8. The molecular formula is C22H23NO3. The predicted molar refractivity (Wildman–Crippen MR) is 99.3 cm³/mol. The van der Waals surface area contributed by atoms with Crippen LogP contribution in [0.5, 0.6) is 0 Å². The number of nitrogens with one attached hydrogen (secondary N) is 1. The van der Waals surface area contributed by atoms with E-state index in [0.717, 1.165) is 27.8 Å². The maximum Gasteiger partial charge on any atom is 0.339 e. The van der Waals surface area contributed by atoms with Crippen LogP contribution in [0.3, 0.4) is 0 Å². The van der Waals surface area contributed by atoms with Gasteiger partial charge < -0.3 is 10.1 Å². The summed E-state index contributed by atoms with van der Waals surface area (Å²) in [7, 11) is 0. The van der Waals surface area contributed by atoms with Crippen LogP contribution in [0.4, 0.5) is 0 Å². The van der Waals surface area contributed by atoms with E-state index >= 15 is 0 Å². The zero-order valence-electron chi connectivity index (χ0n) is 15.6. The highest BCUT2D eigenvalue weighted by molar-refractivity contribution is 6.01. The smallest absolute Gasteiger partial charge is 0.339 e. The number of amides is 1. The summed E-state index contributed by atoms with van der Waals surface area (Å²) in [4.78, 5) is 25.1. The van der Waals surface area contributed by atoms with E-state index in [1.54, 1.807) is 0 Å². The van der Waals surface area contributed by atoms with Crippen molar-refractivity contribution < 1.29 is 14.3 Å². The first-order valence-electron chi connectivity index (χ1n) is 9.05. The number of ether oxygens (including phenoxy) is 1. The van der Waals surface area contributed by atoms with E-state index in [1.807, 2.05) is 36.4 Å². The largest absolute Gasteiger partial charge is 0.457 e. The molecule has 0 aliphatic carbocycles. The number of cyclic esters (lactones) is 1. The number of carbonyl (C=O) groups excluding carboxylic acids is 2. The highest BCUT2D eigenvalue weighted by Gasteiger charge is 2.44. The van der Waals surface area contributed by atoms with Gasteiger partial charge in [-0.1, -0.05) is 64.1 Å². The van der Waals surface area contributed by atoms with Crippen molar-refractivity contribution in [1.29, 1.82) is 0 Å². The molecule has 4 nitrogen and oxygen atoms in total. The summed E-state index contributed by atoms with van der Waals surface area (Å²) in [5, 5.41) is 3.17. The lowest BCUT2D eigenvalue weighted by molar-refractivity contribution is 0.0533. The number of esters is 1. The lowest BCUT2D eigenvalue weighted by Gasteiger charge is -2.34. The molecule has 0 saturated carbocycles. The lowest BCUT2D eigenvalue weighted by atomic mass is 9.72. The van der Waals surface area contributed by atoms with E-state index in [4.69, 9.17) is 4.74 Å². The topological polar surface area (TPSA) is 55.4 Å². The Labute approximate surface area is 153 Å². The van der Waals surface area contributed by atoms with Crippen molar-refractivity contribution >= 4 is 11.9 Å². The Morgan fingerprint density at radius 2 is 1.81 bits per heavy atom. The van der Waals surface area contributed by atoms with Crippen molar-refractivity contribution in [3.8, 4) is 0 Å². The average molecular weight is 349 g/mol. The molecule has 2 aliphatic rings. The molecule has 2 aromatic carbocycles. The van der Waals surface area contributed by atoms with Crippen molar-refractivity contribution in [2.45, 2.75) is 51.7 Å². The van der Waals surface area contributed by atoms with Gasteiger partial charge in [0.15, 0.2) is 0 Å². The monoisotopic (exact) mass is 349 g/mol. The van der Waals surface area contributed by atoms with E-state index < -0.39 is 5.41 Å². The van der Waals surface area contributed by atoms with Crippen molar-refractivity contribution in [3.05, 3.63) is 69.8 Å². The predicted octanol–water partition coefficient (Wildman–Crippen LogP) is 4.24. The third-order valence-corrected chi connectivity index (χ3v) is 5.69. The quantitative estimate of drug-likeness (QED) is 0.843. The van der Waals surface area contributed by atoms with Gasteiger partial charge in [0.05, 0.1) is 11.6 Å². The van der Waals surface area contributed by atoms with Crippen LogP contribution in [0, 0.1) is 0 Å². The minimum Gasteiger partial charge on any atom is -0.457 e. The minimum absolute atomic E-state index is 0.0301. The van der Waals surface area contributed by atoms with Crippen molar-refractivity contribution in [1.82, 2.24) is 5.32 Å². The van der Waals surface area contributed by atoms with E-state index in [2.05, 4.69) is 33.0 Å². The zero-order valence-corrected chi connectivity index (χ0v) is 15.6. The lowest BCUT2D eigenvalue weighted by Crippen LogP contribution is -2.36. The molecule has 134 valence electrons. The summed E-state index contributed by atoms with van der Waals surface area (Å²) < 4.78 is 5.24. The fraction of sp³-hybridized carbons (Fsp3) is 0.364. The molecule has 1 amide bonds. The molecule has 1 N–H and O–H groups in total. The van der Waals surface area contributed by atoms with Gasteiger partial charge in [0, 0.05) is 16.5 Å². The molecule has 4 heteroatoms. The molecule has 1 unspecified atom stereocenters. The summed E-state index contributed by atoms with van der Waals surface area (Å²) in [6.45, 7) is 8.68. The van der Waals surface area contributed by atoms with Gasteiger partial charge in [0.2, 0.25) is 0 Å². The van der Waals surface area contributed by atoms with Crippen LogP contribution in [0.25, 0.3) is 0 Å². The maximum atomic E-state index is 12.8. The number of fused-ring (bicyclic) bond motifs is 2. The molecule has 2 aliphatic heterocycles. The van der Waals surface area contributed by atoms with Crippen LogP contribution in [0.2, 0.25) is 0 Å². The van der Waals surface area contributed by atoms with E-state index in [9.17, 15) is 9.59 Å². The molecule has 4 rings (SSSR count). The molecule has 0 fully saturated rings. The Balaban J connectivity index is 1.86. The molecule has 2 aromatic rings. The number of hydrogen-bond donors (Lipinski definition) is 1. The average Bonchev–Trinajstić information content (AvgIpc) is 3.16. The summed E-state index contributed by atoms with van der Waals surface area (Å²) in [5.74, 6) is -0.0322. The van der Waals surface area contributed by atoms with Crippen LogP contribution in [0.1, 0.15) is 82.6 Å². The van der Waals surface area contributed by atoms with Crippen LogP contribution in [0.15, 0.2) is 36.4 Å². The molecule has 0 saturated heterocycles. The number of rotatable bonds is 3. The van der Waals surface area contributed by atoms with Crippen molar-refractivity contribution in [3.63, 3.8) is 0 Å². The summed E-state index contributed by atoms with van der Waals surface area (Å²) in [6.07, 6.45) is 0. The van der Waals surface area contributed by atoms with Gasteiger partial charge in [-0.3, -0.25) is 4.79 Å². The van der Waals surface area contributed by atoms with Crippen molar-refractivity contribution in [2.75, 3.05) is 0 Å². The number of carbonyl (C=O) groups is 2. The number of benzene rings is 2. The summed E-state index contributed by atoms with van der Waals surface area (Å²) >= 11 is 0. The summed E-state index contributed by atoms with van der Waals surface area (Å²) in [5.41, 5.74) is 4.90. The van der Waals surface area contributed by atoms with Crippen LogP contribution < -0.4 is 5.32 Å². The third-order valence-electron chi connectivity index (χ3n) is 5.69. The van der Waals surface area contributed by atoms with E-state index in [1.165, 1.54) is 0 Å². The van der Waals surface area contributed by atoms with Crippen LogP contribution in [-0.2, 0) is 16.8 Å². The first-order valence-corrected chi connectivity index (χ1v) is 9.05. The van der Waals surface area contributed by atoms with Gasteiger partial charge >= 0.3 is 5.97 Å². The van der Waals surface area contributed by atoms with Gasteiger partial charge in [-0.05, 0) is 22.6 Å². The van der Waals surface area contributed by atoms with E-state index in [-0.39, 0.29) is 23.8 Å². The van der Waals surface area contributed by atoms with Gasteiger partial charge in [-0.15, -0.1) is 0 Å². The van der Waals surface area contributed by atoms with E-state index in [0.29, 0.717) is 12.2 Å². The van der Waals surface area contributed by atoms with Crippen LogP contribution in [-0.4, -0.2) is 11.9 Å². The van der Waals surface area contributed by atoms with Gasteiger partial charge in [0.25, 0.3) is 5.91 Å². The molecule has 26 heavy (non-hydrogen) atoms. The molecule has 0 spiro atoms. The van der Waals surface area contributed by atoms with Gasteiger partial charge in [-0.2, -0.15) is 0 Å². The standard InChI is InChI=1S/C22H23NO3/c1-12(2)14-8-6-9-15-18(14)20(24)23-19(15)22(3,4)16-10-5-7-13-11-26-21(25)17(13)16/h5-10,12,19H,11H2,1-4H3,(H,23,24). The first-order chi connectivity index (χ1) is 12.3. The van der Waals surface area contributed by atoms with Gasteiger partial charge in [-0.25, -0.2) is 4.79 Å². The molecule has 2 heterocycles. The fourth-order valence-corrected chi connectivity index (χ4v) is 4.29. The molecule has 1 atom stereocenters. The minimum atomic E-state index is -0.453. The zero-order chi connectivity index (χ0) is 18.6. The van der Waals surface area contributed by atoms with Crippen molar-refractivity contribution in [2.24, 2.45) is 0 Å². The second-order valence-electron chi connectivity index (χ2n) is 8.01. The Hall–Kier alpha value is -2.62. The Kier molecular flexibility index (Phi) is 3.69.